The summed E-state index contributed by atoms with van der Waals surface area (Å²) in [6.07, 6.45) is 6.62. The zero-order valence-corrected chi connectivity index (χ0v) is 11.0. The minimum atomic E-state index is 0.468. The van der Waals surface area contributed by atoms with Crippen LogP contribution in [0.5, 0.6) is 0 Å². The van der Waals surface area contributed by atoms with Crippen LogP contribution in [-0.2, 0) is 0 Å². The Hall–Kier alpha value is -0.650. The SMILES string of the molecule is CN(N)NC=NC1CCC([N+](C)(C)C)CC1. The van der Waals surface area contributed by atoms with Gasteiger partial charge in [0.05, 0.1) is 39.6 Å². The summed E-state index contributed by atoms with van der Waals surface area (Å²) in [6.45, 7) is 0. The molecule has 1 fully saturated rings. The van der Waals surface area contributed by atoms with E-state index in [1.54, 1.807) is 13.4 Å². The highest BCUT2D eigenvalue weighted by Crippen LogP contribution is 2.26. The van der Waals surface area contributed by atoms with Gasteiger partial charge in [0.25, 0.3) is 0 Å². The molecule has 1 aliphatic rings. The van der Waals surface area contributed by atoms with Crippen LogP contribution in [0.1, 0.15) is 25.7 Å². The molecule has 5 nitrogen and oxygen atoms in total. The van der Waals surface area contributed by atoms with Gasteiger partial charge in [0.1, 0.15) is 0 Å². The van der Waals surface area contributed by atoms with Gasteiger partial charge in [-0.25, -0.2) is 0 Å². The monoisotopic (exact) mass is 228 g/mol. The summed E-state index contributed by atoms with van der Waals surface area (Å²) in [5.41, 5.74) is 2.85. The molecule has 0 bridgehead atoms. The number of hydrazine groups is 2. The molecule has 0 heterocycles. The molecule has 1 rings (SSSR count). The summed E-state index contributed by atoms with van der Waals surface area (Å²) in [6, 6.07) is 1.26. The van der Waals surface area contributed by atoms with E-state index in [4.69, 9.17) is 5.84 Å². The average Bonchev–Trinajstić information content (AvgIpc) is 2.16. The van der Waals surface area contributed by atoms with Crippen molar-refractivity contribution >= 4 is 6.34 Å². The summed E-state index contributed by atoms with van der Waals surface area (Å²) in [4.78, 5) is 4.48. The quantitative estimate of drug-likeness (QED) is 0.240. The fourth-order valence-electron chi connectivity index (χ4n) is 2.21. The largest absolute Gasteiger partial charge is 0.328 e. The minimum absolute atomic E-state index is 0.468. The van der Waals surface area contributed by atoms with Crippen molar-refractivity contribution < 1.29 is 4.48 Å². The van der Waals surface area contributed by atoms with E-state index in [0.29, 0.717) is 6.04 Å². The Bertz CT molecular complexity index is 223. The van der Waals surface area contributed by atoms with Crippen LogP contribution >= 0.6 is 0 Å². The maximum absolute atomic E-state index is 5.42. The molecular formula is C11H26N5+. The van der Waals surface area contributed by atoms with Gasteiger partial charge in [-0.15, -0.1) is 0 Å². The number of hydrogen-bond acceptors (Lipinski definition) is 3. The van der Waals surface area contributed by atoms with Crippen molar-refractivity contribution in [3.8, 4) is 0 Å². The minimum Gasteiger partial charge on any atom is -0.328 e. The third-order valence-corrected chi connectivity index (χ3v) is 3.31. The lowest BCUT2D eigenvalue weighted by atomic mass is 9.90. The van der Waals surface area contributed by atoms with Crippen molar-refractivity contribution in [2.75, 3.05) is 28.2 Å². The van der Waals surface area contributed by atoms with E-state index < -0.39 is 0 Å². The summed E-state index contributed by atoms with van der Waals surface area (Å²) in [5, 5.41) is 1.40. The Kier molecular flexibility index (Phi) is 4.70. The number of nitrogens with zero attached hydrogens (tertiary/aromatic N) is 3. The first kappa shape index (κ1) is 13.4. The van der Waals surface area contributed by atoms with Gasteiger partial charge in [0.2, 0.25) is 0 Å². The molecule has 3 N–H and O–H groups in total. The van der Waals surface area contributed by atoms with E-state index in [1.165, 1.54) is 30.8 Å². The molecular weight excluding hydrogens is 202 g/mol. The molecule has 0 atom stereocenters. The molecule has 0 aromatic carbocycles. The van der Waals surface area contributed by atoms with Gasteiger partial charge >= 0.3 is 0 Å². The van der Waals surface area contributed by atoms with Crippen LogP contribution in [-0.4, -0.2) is 56.2 Å². The van der Waals surface area contributed by atoms with Gasteiger partial charge in [-0.1, -0.05) is 0 Å². The number of rotatable bonds is 4. The second-order valence-electron chi connectivity index (χ2n) is 5.60. The fraction of sp³-hybridized carbons (Fsp3) is 0.909. The van der Waals surface area contributed by atoms with E-state index in [9.17, 15) is 0 Å². The highest BCUT2D eigenvalue weighted by atomic mass is 15.6. The van der Waals surface area contributed by atoms with Gasteiger partial charge in [0.15, 0.2) is 0 Å². The Morgan fingerprint density at radius 1 is 1.25 bits per heavy atom. The molecule has 0 aliphatic heterocycles. The zero-order valence-electron chi connectivity index (χ0n) is 11.0. The molecule has 0 unspecified atom stereocenters. The molecule has 0 aromatic heterocycles. The maximum atomic E-state index is 5.42. The first-order chi connectivity index (χ1) is 7.39. The molecule has 16 heavy (non-hydrogen) atoms. The van der Waals surface area contributed by atoms with Crippen molar-refractivity contribution in [1.82, 2.24) is 10.5 Å². The van der Waals surface area contributed by atoms with Crippen LogP contribution in [0.4, 0.5) is 0 Å². The number of quaternary nitrogens is 1. The first-order valence-electron chi connectivity index (χ1n) is 5.97. The van der Waals surface area contributed by atoms with E-state index in [0.717, 1.165) is 10.5 Å². The molecule has 0 spiro atoms. The van der Waals surface area contributed by atoms with E-state index >= 15 is 0 Å². The predicted molar refractivity (Wildman–Crippen MR) is 67.7 cm³/mol. The molecule has 0 saturated heterocycles. The van der Waals surface area contributed by atoms with Crippen LogP contribution in [0, 0.1) is 0 Å². The van der Waals surface area contributed by atoms with E-state index in [1.807, 2.05) is 0 Å². The van der Waals surface area contributed by atoms with Gasteiger partial charge in [0, 0.05) is 19.9 Å². The number of aliphatic imine (C=N–C) groups is 1. The Balaban J connectivity index is 2.30. The molecule has 1 aliphatic carbocycles. The number of nitrogens with two attached hydrogens (primary N) is 1. The van der Waals surface area contributed by atoms with Crippen molar-refractivity contribution in [1.29, 1.82) is 0 Å². The third-order valence-electron chi connectivity index (χ3n) is 3.31. The van der Waals surface area contributed by atoms with Crippen LogP contribution in [0.15, 0.2) is 4.99 Å². The van der Waals surface area contributed by atoms with Crippen molar-refractivity contribution in [3.63, 3.8) is 0 Å². The lowest BCUT2D eigenvalue weighted by Crippen LogP contribution is -2.47. The molecule has 0 amide bonds. The molecule has 0 radical (unpaired) electrons. The number of hydrogen-bond donors (Lipinski definition) is 2. The van der Waals surface area contributed by atoms with Crippen LogP contribution < -0.4 is 11.3 Å². The lowest BCUT2D eigenvalue weighted by Gasteiger charge is -2.38. The van der Waals surface area contributed by atoms with E-state index in [-0.39, 0.29) is 0 Å². The van der Waals surface area contributed by atoms with Crippen molar-refractivity contribution in [3.05, 3.63) is 0 Å². The zero-order chi connectivity index (χ0) is 12.2. The van der Waals surface area contributed by atoms with Crippen LogP contribution in [0.25, 0.3) is 0 Å². The summed E-state index contributed by atoms with van der Waals surface area (Å²) >= 11 is 0. The molecule has 5 heteroatoms. The fourth-order valence-corrected chi connectivity index (χ4v) is 2.21. The van der Waals surface area contributed by atoms with Crippen LogP contribution in [0.3, 0.4) is 0 Å². The second kappa shape index (κ2) is 5.61. The van der Waals surface area contributed by atoms with Gasteiger partial charge in [-0.3, -0.25) is 16.3 Å². The van der Waals surface area contributed by atoms with Crippen molar-refractivity contribution in [2.24, 2.45) is 10.8 Å². The van der Waals surface area contributed by atoms with Crippen molar-refractivity contribution in [2.45, 2.75) is 37.8 Å². The highest BCUT2D eigenvalue weighted by molar-refractivity contribution is 5.53. The smallest absolute Gasteiger partial charge is 0.0982 e. The average molecular weight is 228 g/mol. The molecule has 0 aromatic rings. The van der Waals surface area contributed by atoms with E-state index in [2.05, 4.69) is 31.6 Å². The number of nitrogens with one attached hydrogen (secondary N) is 1. The third kappa shape index (κ3) is 4.47. The topological polar surface area (TPSA) is 53.6 Å². The first-order valence-corrected chi connectivity index (χ1v) is 5.97. The Labute approximate surface area is 98.8 Å². The second-order valence-corrected chi connectivity index (χ2v) is 5.60. The van der Waals surface area contributed by atoms with Gasteiger partial charge in [-0.2, -0.15) is 5.12 Å². The van der Waals surface area contributed by atoms with Crippen LogP contribution in [0.2, 0.25) is 0 Å². The Morgan fingerprint density at radius 2 is 1.81 bits per heavy atom. The summed E-state index contributed by atoms with van der Waals surface area (Å²) in [5.74, 6) is 5.42. The van der Waals surface area contributed by atoms with Gasteiger partial charge < -0.3 is 4.48 Å². The summed E-state index contributed by atoms with van der Waals surface area (Å²) < 4.78 is 1.07. The summed E-state index contributed by atoms with van der Waals surface area (Å²) in [7, 11) is 8.58. The standard InChI is InChI=1S/C11H26N5/c1-15(12)14-9-13-10-5-7-11(8-6-10)16(2,3)4/h9-11H,5-8,12H2,1-4H3,(H,13,14)/q+1. The maximum Gasteiger partial charge on any atom is 0.0982 e. The highest BCUT2D eigenvalue weighted by Gasteiger charge is 2.29. The normalized spacial score (nSPS) is 27.6. The van der Waals surface area contributed by atoms with Gasteiger partial charge in [-0.05, 0) is 12.8 Å². The predicted octanol–water partition coefficient (Wildman–Crippen LogP) is 0.342. The lowest BCUT2D eigenvalue weighted by molar-refractivity contribution is -0.897. The molecule has 1 saturated carbocycles. The Morgan fingerprint density at radius 3 is 2.25 bits per heavy atom. The molecule has 94 valence electrons.